The standard InChI is InChI=1S/C15H22N2O/c1-17(11-12-7-5-6-8-12)15(18)14(16)13-9-3-2-4-10-13/h2-4,9-10,12,14H,5-8,11,16H2,1H3/t14-/m0/s1. The van der Waals surface area contributed by atoms with E-state index in [1.54, 1.807) is 4.90 Å². The molecule has 0 aliphatic heterocycles. The molecular weight excluding hydrogens is 224 g/mol. The van der Waals surface area contributed by atoms with Gasteiger partial charge in [0.1, 0.15) is 6.04 Å². The maximum absolute atomic E-state index is 12.2. The summed E-state index contributed by atoms with van der Waals surface area (Å²) in [6.07, 6.45) is 5.10. The summed E-state index contributed by atoms with van der Waals surface area (Å²) in [4.78, 5) is 14.0. The second-order valence-corrected chi connectivity index (χ2v) is 5.26. The van der Waals surface area contributed by atoms with Gasteiger partial charge < -0.3 is 10.6 Å². The van der Waals surface area contributed by atoms with Crippen molar-refractivity contribution in [3.05, 3.63) is 35.9 Å². The quantitative estimate of drug-likeness (QED) is 0.886. The molecule has 0 aromatic heterocycles. The summed E-state index contributed by atoms with van der Waals surface area (Å²) in [5.41, 5.74) is 6.91. The number of rotatable bonds is 4. The number of hydrogen-bond acceptors (Lipinski definition) is 2. The van der Waals surface area contributed by atoms with Crippen LogP contribution in [0.5, 0.6) is 0 Å². The Labute approximate surface area is 109 Å². The second kappa shape index (κ2) is 6.01. The molecule has 3 heteroatoms. The number of nitrogens with zero attached hydrogens (tertiary/aromatic N) is 1. The summed E-state index contributed by atoms with van der Waals surface area (Å²) >= 11 is 0. The third-order valence-corrected chi connectivity index (χ3v) is 3.81. The molecule has 1 atom stereocenters. The summed E-state index contributed by atoms with van der Waals surface area (Å²) in [6.45, 7) is 0.847. The second-order valence-electron chi connectivity index (χ2n) is 5.26. The predicted octanol–water partition coefficient (Wildman–Crippen LogP) is 2.33. The van der Waals surface area contributed by atoms with Gasteiger partial charge in [0.25, 0.3) is 0 Å². The maximum atomic E-state index is 12.2. The van der Waals surface area contributed by atoms with Crippen molar-refractivity contribution in [3.8, 4) is 0 Å². The molecule has 1 aliphatic rings. The van der Waals surface area contributed by atoms with E-state index in [1.165, 1.54) is 25.7 Å². The van der Waals surface area contributed by atoms with E-state index in [2.05, 4.69) is 0 Å². The first-order valence-corrected chi connectivity index (χ1v) is 6.74. The minimum absolute atomic E-state index is 0.0214. The highest BCUT2D eigenvalue weighted by Gasteiger charge is 2.23. The molecule has 3 nitrogen and oxygen atoms in total. The number of likely N-dealkylation sites (N-methyl/N-ethyl adjacent to an activating group) is 1. The highest BCUT2D eigenvalue weighted by molar-refractivity contribution is 5.82. The van der Waals surface area contributed by atoms with Gasteiger partial charge in [0.2, 0.25) is 5.91 Å². The van der Waals surface area contributed by atoms with Crippen LogP contribution in [0.15, 0.2) is 30.3 Å². The smallest absolute Gasteiger partial charge is 0.243 e. The lowest BCUT2D eigenvalue weighted by Crippen LogP contribution is -2.38. The molecule has 1 fully saturated rings. The van der Waals surface area contributed by atoms with E-state index >= 15 is 0 Å². The molecule has 0 heterocycles. The average Bonchev–Trinajstić information content (AvgIpc) is 2.91. The van der Waals surface area contributed by atoms with Crippen molar-refractivity contribution in [1.29, 1.82) is 0 Å². The Morgan fingerprint density at radius 1 is 1.33 bits per heavy atom. The van der Waals surface area contributed by atoms with Crippen LogP contribution in [0.2, 0.25) is 0 Å². The van der Waals surface area contributed by atoms with Crippen LogP contribution in [0.4, 0.5) is 0 Å². The number of hydrogen-bond donors (Lipinski definition) is 1. The summed E-state index contributed by atoms with van der Waals surface area (Å²) in [7, 11) is 1.86. The lowest BCUT2D eigenvalue weighted by Gasteiger charge is -2.24. The molecule has 18 heavy (non-hydrogen) atoms. The first-order chi connectivity index (χ1) is 8.68. The maximum Gasteiger partial charge on any atom is 0.243 e. The third kappa shape index (κ3) is 3.10. The van der Waals surface area contributed by atoms with Crippen LogP contribution in [0, 0.1) is 5.92 Å². The van der Waals surface area contributed by atoms with E-state index in [0.717, 1.165) is 12.1 Å². The van der Waals surface area contributed by atoms with E-state index in [9.17, 15) is 4.79 Å². The molecule has 2 N–H and O–H groups in total. The van der Waals surface area contributed by atoms with E-state index in [0.29, 0.717) is 5.92 Å². The molecule has 1 amide bonds. The van der Waals surface area contributed by atoms with Gasteiger partial charge in [-0.25, -0.2) is 0 Å². The first kappa shape index (κ1) is 13.1. The summed E-state index contributed by atoms with van der Waals surface area (Å²) in [6, 6.07) is 9.05. The van der Waals surface area contributed by atoms with Crippen molar-refractivity contribution in [2.45, 2.75) is 31.7 Å². The van der Waals surface area contributed by atoms with Crippen molar-refractivity contribution < 1.29 is 4.79 Å². The van der Waals surface area contributed by atoms with Crippen LogP contribution in [0.3, 0.4) is 0 Å². The normalized spacial score (nSPS) is 17.7. The van der Waals surface area contributed by atoms with Crippen LogP contribution < -0.4 is 5.73 Å². The van der Waals surface area contributed by atoms with Crippen LogP contribution >= 0.6 is 0 Å². The van der Waals surface area contributed by atoms with Crippen molar-refractivity contribution >= 4 is 5.91 Å². The Morgan fingerprint density at radius 3 is 2.56 bits per heavy atom. The monoisotopic (exact) mass is 246 g/mol. The Bertz CT molecular complexity index is 385. The minimum Gasteiger partial charge on any atom is -0.344 e. The molecule has 0 bridgehead atoms. The first-order valence-electron chi connectivity index (χ1n) is 6.74. The van der Waals surface area contributed by atoms with Crippen molar-refractivity contribution in [3.63, 3.8) is 0 Å². The van der Waals surface area contributed by atoms with Gasteiger partial charge in [-0.1, -0.05) is 43.2 Å². The molecule has 1 saturated carbocycles. The van der Waals surface area contributed by atoms with E-state index < -0.39 is 6.04 Å². The predicted molar refractivity (Wildman–Crippen MR) is 73.0 cm³/mol. The molecule has 1 aromatic carbocycles. The topological polar surface area (TPSA) is 46.3 Å². The number of amides is 1. The lowest BCUT2D eigenvalue weighted by atomic mass is 10.0. The summed E-state index contributed by atoms with van der Waals surface area (Å²) in [5, 5.41) is 0. The summed E-state index contributed by atoms with van der Waals surface area (Å²) < 4.78 is 0. The Balaban J connectivity index is 1.93. The SMILES string of the molecule is CN(CC1CCCC1)C(=O)[C@@H](N)c1ccccc1. The zero-order valence-electron chi connectivity index (χ0n) is 11.0. The van der Waals surface area contributed by atoms with Gasteiger partial charge in [0.15, 0.2) is 0 Å². The summed E-state index contributed by atoms with van der Waals surface area (Å²) in [5.74, 6) is 0.690. The fourth-order valence-corrected chi connectivity index (χ4v) is 2.71. The van der Waals surface area contributed by atoms with Gasteiger partial charge in [-0.3, -0.25) is 4.79 Å². The van der Waals surface area contributed by atoms with E-state index in [-0.39, 0.29) is 5.91 Å². The van der Waals surface area contributed by atoms with Crippen molar-refractivity contribution in [1.82, 2.24) is 4.90 Å². The van der Waals surface area contributed by atoms with Crippen LogP contribution in [0.25, 0.3) is 0 Å². The molecule has 1 aromatic rings. The zero-order chi connectivity index (χ0) is 13.0. The molecule has 1 aliphatic carbocycles. The Morgan fingerprint density at radius 2 is 1.94 bits per heavy atom. The van der Waals surface area contributed by atoms with Crippen LogP contribution in [-0.4, -0.2) is 24.4 Å². The molecule has 0 saturated heterocycles. The highest BCUT2D eigenvalue weighted by Crippen LogP contribution is 2.25. The molecule has 0 unspecified atom stereocenters. The van der Waals surface area contributed by atoms with Gasteiger partial charge in [0.05, 0.1) is 0 Å². The number of carbonyl (C=O) groups excluding carboxylic acids is 1. The Hall–Kier alpha value is -1.35. The number of benzene rings is 1. The minimum atomic E-state index is -0.530. The van der Waals surface area contributed by atoms with E-state index in [4.69, 9.17) is 5.73 Å². The number of nitrogens with two attached hydrogens (primary N) is 1. The molecule has 2 rings (SSSR count). The fourth-order valence-electron chi connectivity index (χ4n) is 2.71. The van der Waals surface area contributed by atoms with Gasteiger partial charge in [-0.05, 0) is 24.3 Å². The molecule has 0 radical (unpaired) electrons. The van der Waals surface area contributed by atoms with Gasteiger partial charge in [-0.15, -0.1) is 0 Å². The van der Waals surface area contributed by atoms with Gasteiger partial charge in [-0.2, -0.15) is 0 Å². The van der Waals surface area contributed by atoms with Crippen molar-refractivity contribution in [2.75, 3.05) is 13.6 Å². The largest absolute Gasteiger partial charge is 0.344 e. The number of carbonyl (C=O) groups is 1. The third-order valence-electron chi connectivity index (χ3n) is 3.81. The molecule has 0 spiro atoms. The lowest BCUT2D eigenvalue weighted by molar-refractivity contribution is -0.132. The van der Waals surface area contributed by atoms with Gasteiger partial charge >= 0.3 is 0 Å². The van der Waals surface area contributed by atoms with Gasteiger partial charge in [0, 0.05) is 13.6 Å². The molecular formula is C15H22N2O. The van der Waals surface area contributed by atoms with Crippen LogP contribution in [-0.2, 0) is 4.79 Å². The Kier molecular flexibility index (Phi) is 4.37. The van der Waals surface area contributed by atoms with E-state index in [1.807, 2.05) is 37.4 Å². The molecule has 98 valence electrons. The van der Waals surface area contributed by atoms with Crippen molar-refractivity contribution in [2.24, 2.45) is 11.7 Å². The highest BCUT2D eigenvalue weighted by atomic mass is 16.2. The fraction of sp³-hybridized carbons (Fsp3) is 0.533. The zero-order valence-corrected chi connectivity index (χ0v) is 11.0. The van der Waals surface area contributed by atoms with Crippen LogP contribution in [0.1, 0.15) is 37.3 Å². The average molecular weight is 246 g/mol.